The Balaban J connectivity index is 2.82. The third-order valence-corrected chi connectivity index (χ3v) is 2.90. The molecule has 7 heteroatoms. The van der Waals surface area contributed by atoms with Gasteiger partial charge in [0.2, 0.25) is 0 Å². The van der Waals surface area contributed by atoms with Crippen molar-refractivity contribution in [1.82, 2.24) is 5.32 Å². The second-order valence-corrected chi connectivity index (χ2v) is 4.44. The van der Waals surface area contributed by atoms with E-state index in [2.05, 4.69) is 15.9 Å². The van der Waals surface area contributed by atoms with Gasteiger partial charge in [0.05, 0.1) is 17.6 Å². The Kier molecular flexibility index (Phi) is 4.61. The first-order valence-electron chi connectivity index (χ1n) is 4.97. The number of hydrogen-bond acceptors (Lipinski definition) is 2. The van der Waals surface area contributed by atoms with E-state index in [4.69, 9.17) is 4.74 Å². The number of alkyl halides is 3. The Labute approximate surface area is 110 Å². The van der Waals surface area contributed by atoms with Crippen molar-refractivity contribution in [3.05, 3.63) is 28.2 Å². The maximum absolute atomic E-state index is 12.1. The maximum atomic E-state index is 12.1. The SMILES string of the molecule is COc1ccc(C(C)NC(=O)C(F)(F)F)cc1Br. The highest BCUT2D eigenvalue weighted by Gasteiger charge is 2.39. The van der Waals surface area contributed by atoms with Crippen LogP contribution in [0.25, 0.3) is 0 Å². The van der Waals surface area contributed by atoms with Gasteiger partial charge in [0, 0.05) is 0 Å². The standard InChI is InChI=1S/C11H11BrF3NO2/c1-6(16-10(17)11(13,14)15)7-3-4-9(18-2)8(12)5-7/h3-6H,1-2H3,(H,16,17). The second kappa shape index (κ2) is 5.60. The average Bonchev–Trinajstić information content (AvgIpc) is 2.27. The summed E-state index contributed by atoms with van der Waals surface area (Å²) in [6, 6.07) is 4.04. The fourth-order valence-electron chi connectivity index (χ4n) is 1.31. The van der Waals surface area contributed by atoms with Crippen LogP contribution in [-0.4, -0.2) is 19.2 Å². The zero-order valence-corrected chi connectivity index (χ0v) is 11.2. The van der Waals surface area contributed by atoms with Gasteiger partial charge in [-0.15, -0.1) is 0 Å². The monoisotopic (exact) mass is 325 g/mol. The number of carbonyl (C=O) groups excluding carboxylic acids is 1. The summed E-state index contributed by atoms with van der Waals surface area (Å²) in [4.78, 5) is 10.8. The van der Waals surface area contributed by atoms with Crippen LogP contribution in [0.2, 0.25) is 0 Å². The first-order chi connectivity index (χ1) is 8.25. The molecule has 0 bridgehead atoms. The molecule has 0 spiro atoms. The molecule has 1 aromatic carbocycles. The molecule has 1 N–H and O–H groups in total. The lowest BCUT2D eigenvalue weighted by Crippen LogP contribution is -2.38. The van der Waals surface area contributed by atoms with Crippen molar-refractivity contribution in [3.63, 3.8) is 0 Å². The molecule has 3 nitrogen and oxygen atoms in total. The summed E-state index contributed by atoms with van der Waals surface area (Å²) in [5, 5.41) is 1.88. The van der Waals surface area contributed by atoms with Gasteiger partial charge in [0.25, 0.3) is 0 Å². The van der Waals surface area contributed by atoms with Gasteiger partial charge in [0.15, 0.2) is 0 Å². The molecule has 0 saturated carbocycles. The molecule has 1 aromatic rings. The fraction of sp³-hybridized carbons (Fsp3) is 0.364. The number of nitrogens with one attached hydrogen (secondary N) is 1. The van der Waals surface area contributed by atoms with Crippen LogP contribution in [0.15, 0.2) is 22.7 Å². The quantitative estimate of drug-likeness (QED) is 0.926. The smallest absolute Gasteiger partial charge is 0.471 e. The van der Waals surface area contributed by atoms with E-state index in [-0.39, 0.29) is 0 Å². The molecule has 0 radical (unpaired) electrons. The molecule has 100 valence electrons. The molecule has 0 saturated heterocycles. The molecule has 0 fully saturated rings. The number of hydrogen-bond donors (Lipinski definition) is 1. The number of amides is 1. The Morgan fingerprint density at radius 2 is 2.06 bits per heavy atom. The van der Waals surface area contributed by atoms with E-state index < -0.39 is 18.1 Å². The number of methoxy groups -OCH3 is 1. The minimum Gasteiger partial charge on any atom is -0.496 e. The Morgan fingerprint density at radius 1 is 1.44 bits per heavy atom. The predicted molar refractivity (Wildman–Crippen MR) is 63.3 cm³/mol. The largest absolute Gasteiger partial charge is 0.496 e. The van der Waals surface area contributed by atoms with E-state index in [1.54, 1.807) is 18.2 Å². The van der Waals surface area contributed by atoms with Crippen molar-refractivity contribution in [2.24, 2.45) is 0 Å². The van der Waals surface area contributed by atoms with Gasteiger partial charge >= 0.3 is 12.1 Å². The second-order valence-electron chi connectivity index (χ2n) is 3.59. The Bertz CT molecular complexity index is 448. The summed E-state index contributed by atoms with van der Waals surface area (Å²) >= 11 is 3.22. The van der Waals surface area contributed by atoms with Crippen LogP contribution in [-0.2, 0) is 4.79 Å². The van der Waals surface area contributed by atoms with Crippen molar-refractivity contribution in [2.75, 3.05) is 7.11 Å². The van der Waals surface area contributed by atoms with Crippen molar-refractivity contribution < 1.29 is 22.7 Å². The van der Waals surface area contributed by atoms with Crippen molar-refractivity contribution in [1.29, 1.82) is 0 Å². The van der Waals surface area contributed by atoms with Crippen molar-refractivity contribution in [2.45, 2.75) is 19.1 Å². The molecule has 1 atom stereocenters. The first-order valence-corrected chi connectivity index (χ1v) is 5.76. The maximum Gasteiger partial charge on any atom is 0.471 e. The van der Waals surface area contributed by atoms with Crippen LogP contribution in [0.4, 0.5) is 13.2 Å². The lowest BCUT2D eigenvalue weighted by molar-refractivity contribution is -0.174. The number of benzene rings is 1. The van der Waals surface area contributed by atoms with Crippen LogP contribution in [0.5, 0.6) is 5.75 Å². The Hall–Kier alpha value is -1.24. The van der Waals surface area contributed by atoms with E-state index in [1.165, 1.54) is 14.0 Å². The van der Waals surface area contributed by atoms with Crippen LogP contribution in [0, 0.1) is 0 Å². The van der Waals surface area contributed by atoms with E-state index in [1.807, 2.05) is 5.32 Å². The lowest BCUT2D eigenvalue weighted by Gasteiger charge is -2.16. The zero-order valence-electron chi connectivity index (χ0n) is 9.64. The summed E-state index contributed by atoms with van der Waals surface area (Å²) in [5.41, 5.74) is 0.542. The number of halogens is 4. The summed E-state index contributed by atoms with van der Waals surface area (Å²) in [5.74, 6) is -1.39. The third kappa shape index (κ3) is 3.63. The molecule has 0 aliphatic carbocycles. The molecule has 0 heterocycles. The van der Waals surface area contributed by atoms with Gasteiger partial charge in [-0.25, -0.2) is 0 Å². The molecule has 0 aliphatic heterocycles. The van der Waals surface area contributed by atoms with Gasteiger partial charge in [-0.2, -0.15) is 13.2 Å². The van der Waals surface area contributed by atoms with E-state index >= 15 is 0 Å². The molecule has 1 unspecified atom stereocenters. The van der Waals surface area contributed by atoms with Gasteiger partial charge in [0.1, 0.15) is 5.75 Å². The summed E-state index contributed by atoms with van der Waals surface area (Å²) in [6.45, 7) is 1.47. The summed E-state index contributed by atoms with van der Waals surface area (Å²) < 4.78 is 41.9. The van der Waals surface area contributed by atoms with Crippen LogP contribution < -0.4 is 10.1 Å². The fourth-order valence-corrected chi connectivity index (χ4v) is 1.87. The number of rotatable bonds is 3. The van der Waals surface area contributed by atoms with E-state index in [0.717, 1.165) is 0 Å². The highest BCUT2D eigenvalue weighted by Crippen LogP contribution is 2.28. The molecule has 1 amide bonds. The minimum absolute atomic E-state index is 0.542. The molecule has 18 heavy (non-hydrogen) atoms. The zero-order chi connectivity index (χ0) is 13.9. The molecular weight excluding hydrogens is 315 g/mol. The molecular formula is C11H11BrF3NO2. The summed E-state index contributed by atoms with van der Waals surface area (Å²) in [6.07, 6.45) is -4.88. The van der Waals surface area contributed by atoms with Gasteiger partial charge in [-0.05, 0) is 40.5 Å². The average molecular weight is 326 g/mol. The van der Waals surface area contributed by atoms with E-state index in [9.17, 15) is 18.0 Å². The first kappa shape index (κ1) is 14.8. The Morgan fingerprint density at radius 3 is 2.50 bits per heavy atom. The van der Waals surface area contributed by atoms with Crippen LogP contribution >= 0.6 is 15.9 Å². The van der Waals surface area contributed by atoms with Crippen molar-refractivity contribution in [3.8, 4) is 5.75 Å². The predicted octanol–water partition coefficient (Wildman–Crippen LogP) is 3.20. The van der Waals surface area contributed by atoms with E-state index in [0.29, 0.717) is 15.8 Å². The third-order valence-electron chi connectivity index (χ3n) is 2.28. The molecule has 1 rings (SSSR count). The van der Waals surface area contributed by atoms with Gasteiger partial charge in [-0.3, -0.25) is 4.79 Å². The van der Waals surface area contributed by atoms with Crippen molar-refractivity contribution >= 4 is 21.8 Å². The highest BCUT2D eigenvalue weighted by atomic mass is 79.9. The number of carbonyl (C=O) groups is 1. The normalized spacial score (nSPS) is 13.0. The number of ether oxygens (including phenoxy) is 1. The minimum atomic E-state index is -4.88. The van der Waals surface area contributed by atoms with Gasteiger partial charge in [-0.1, -0.05) is 6.07 Å². The summed E-state index contributed by atoms with van der Waals surface area (Å²) in [7, 11) is 1.48. The highest BCUT2D eigenvalue weighted by molar-refractivity contribution is 9.10. The van der Waals surface area contributed by atoms with Crippen LogP contribution in [0.3, 0.4) is 0 Å². The lowest BCUT2D eigenvalue weighted by atomic mass is 10.1. The molecule has 0 aromatic heterocycles. The topological polar surface area (TPSA) is 38.3 Å². The van der Waals surface area contributed by atoms with Gasteiger partial charge < -0.3 is 10.1 Å². The van der Waals surface area contributed by atoms with Crippen LogP contribution in [0.1, 0.15) is 18.5 Å². The molecule has 0 aliphatic rings.